The summed E-state index contributed by atoms with van der Waals surface area (Å²) in [6.07, 6.45) is 0. The van der Waals surface area contributed by atoms with Crippen LogP contribution in [0.15, 0.2) is 83.8 Å². The van der Waals surface area contributed by atoms with Gasteiger partial charge in [-0.3, -0.25) is 13.9 Å². The highest BCUT2D eigenvalue weighted by Gasteiger charge is 2.32. The topological polar surface area (TPSA) is 86.8 Å². The lowest BCUT2D eigenvalue weighted by atomic mass is 10.1. The van der Waals surface area contributed by atoms with Crippen molar-refractivity contribution >= 4 is 39.1 Å². The number of hydrogen-bond acceptors (Lipinski definition) is 4. The van der Waals surface area contributed by atoms with Crippen LogP contribution in [-0.4, -0.2) is 43.8 Å². The molecule has 0 aromatic heterocycles. The first-order valence-electron chi connectivity index (χ1n) is 11.7. The molecule has 0 heterocycles. The van der Waals surface area contributed by atoms with E-state index < -0.39 is 40.2 Å². The van der Waals surface area contributed by atoms with Crippen molar-refractivity contribution in [3.05, 3.63) is 95.3 Å². The number of anilines is 1. The fourth-order valence-corrected chi connectivity index (χ4v) is 5.27. The van der Waals surface area contributed by atoms with Crippen molar-refractivity contribution in [2.24, 2.45) is 0 Å². The number of carbonyl (C=O) groups excluding carboxylic acids is 2. The van der Waals surface area contributed by atoms with E-state index in [0.29, 0.717) is 10.6 Å². The van der Waals surface area contributed by atoms with Crippen molar-refractivity contribution in [1.29, 1.82) is 0 Å². The zero-order valence-electron chi connectivity index (χ0n) is 20.8. The Labute approximate surface area is 221 Å². The van der Waals surface area contributed by atoms with Crippen molar-refractivity contribution in [3.63, 3.8) is 0 Å². The molecule has 1 N–H and O–H groups in total. The van der Waals surface area contributed by atoms with E-state index in [1.165, 1.54) is 47.4 Å². The van der Waals surface area contributed by atoms with Gasteiger partial charge in [0.2, 0.25) is 11.8 Å². The van der Waals surface area contributed by atoms with Crippen LogP contribution in [0.3, 0.4) is 0 Å². The largest absolute Gasteiger partial charge is 0.352 e. The predicted octanol–water partition coefficient (Wildman–Crippen LogP) is 4.62. The van der Waals surface area contributed by atoms with Gasteiger partial charge < -0.3 is 10.2 Å². The summed E-state index contributed by atoms with van der Waals surface area (Å²) in [6.45, 7) is 4.54. The Balaban J connectivity index is 2.01. The van der Waals surface area contributed by atoms with Crippen LogP contribution in [0.2, 0.25) is 5.02 Å². The van der Waals surface area contributed by atoms with Crippen molar-refractivity contribution in [2.45, 2.75) is 44.3 Å². The van der Waals surface area contributed by atoms with Crippen LogP contribution in [0.1, 0.15) is 26.3 Å². The maximum absolute atomic E-state index is 13.7. The molecule has 3 aromatic carbocycles. The van der Waals surface area contributed by atoms with Crippen LogP contribution >= 0.6 is 11.6 Å². The van der Waals surface area contributed by atoms with Gasteiger partial charge in [-0.1, -0.05) is 48.0 Å². The van der Waals surface area contributed by atoms with Gasteiger partial charge >= 0.3 is 0 Å². The number of nitrogens with zero attached hydrogens (tertiary/aromatic N) is 2. The second kappa shape index (κ2) is 12.2. The standard InChI is InChI=1S/C27H29ClFN3O4S/c1-19(2)30-27(34)20(3)31(17-21-12-14-23(29)15-13-21)26(33)18-32(24-9-7-8-22(28)16-24)37(35,36)25-10-5-4-6-11-25/h4-16,19-20H,17-18H2,1-3H3,(H,30,34). The lowest BCUT2D eigenvalue weighted by Gasteiger charge is -2.32. The van der Waals surface area contributed by atoms with E-state index in [4.69, 9.17) is 11.6 Å². The van der Waals surface area contributed by atoms with Gasteiger partial charge in [0.25, 0.3) is 10.0 Å². The molecule has 0 spiro atoms. The highest BCUT2D eigenvalue weighted by Crippen LogP contribution is 2.26. The quantitative estimate of drug-likeness (QED) is 0.403. The molecule has 0 saturated heterocycles. The number of amides is 2. The number of carbonyl (C=O) groups is 2. The minimum atomic E-state index is -4.17. The molecule has 0 aliphatic rings. The Morgan fingerprint density at radius 2 is 1.59 bits per heavy atom. The van der Waals surface area contributed by atoms with Gasteiger partial charge in [-0.25, -0.2) is 12.8 Å². The van der Waals surface area contributed by atoms with Crippen molar-refractivity contribution in [1.82, 2.24) is 10.2 Å². The van der Waals surface area contributed by atoms with Crippen molar-refractivity contribution in [2.75, 3.05) is 10.8 Å². The van der Waals surface area contributed by atoms with Crippen LogP contribution in [-0.2, 0) is 26.2 Å². The van der Waals surface area contributed by atoms with Gasteiger partial charge in [-0.05, 0) is 68.8 Å². The van der Waals surface area contributed by atoms with Gasteiger partial charge in [0.1, 0.15) is 18.4 Å². The van der Waals surface area contributed by atoms with E-state index in [0.717, 1.165) is 4.31 Å². The zero-order chi connectivity index (χ0) is 27.2. The normalized spacial score (nSPS) is 12.2. The van der Waals surface area contributed by atoms with E-state index in [9.17, 15) is 22.4 Å². The van der Waals surface area contributed by atoms with E-state index in [1.807, 2.05) is 0 Å². The lowest BCUT2D eigenvalue weighted by Crippen LogP contribution is -2.52. The molecule has 0 fully saturated rings. The average Bonchev–Trinajstić information content (AvgIpc) is 2.86. The summed E-state index contributed by atoms with van der Waals surface area (Å²) in [5, 5.41) is 3.08. The van der Waals surface area contributed by atoms with Crippen LogP contribution in [0.4, 0.5) is 10.1 Å². The highest BCUT2D eigenvalue weighted by atomic mass is 35.5. The van der Waals surface area contributed by atoms with Crippen molar-refractivity contribution < 1.29 is 22.4 Å². The highest BCUT2D eigenvalue weighted by molar-refractivity contribution is 7.92. The van der Waals surface area contributed by atoms with Crippen LogP contribution in [0.25, 0.3) is 0 Å². The Morgan fingerprint density at radius 1 is 0.946 bits per heavy atom. The molecule has 0 aliphatic carbocycles. The molecule has 1 unspecified atom stereocenters. The Morgan fingerprint density at radius 3 is 2.19 bits per heavy atom. The molecule has 7 nitrogen and oxygen atoms in total. The van der Waals surface area contributed by atoms with Crippen molar-refractivity contribution in [3.8, 4) is 0 Å². The summed E-state index contributed by atoms with van der Waals surface area (Å²) in [4.78, 5) is 27.9. The first-order chi connectivity index (χ1) is 17.5. The van der Waals surface area contributed by atoms with Crippen LogP contribution in [0, 0.1) is 5.82 Å². The minimum absolute atomic E-state index is 0.00143. The first-order valence-corrected chi connectivity index (χ1v) is 13.5. The number of benzene rings is 3. The summed E-state index contributed by atoms with van der Waals surface area (Å²) in [7, 11) is -4.17. The second-order valence-corrected chi connectivity index (χ2v) is 11.1. The molecule has 0 saturated carbocycles. The van der Waals surface area contributed by atoms with Gasteiger partial charge in [-0.2, -0.15) is 0 Å². The molecular weight excluding hydrogens is 517 g/mol. The van der Waals surface area contributed by atoms with E-state index in [-0.39, 0.29) is 23.2 Å². The molecule has 3 aromatic rings. The third kappa shape index (κ3) is 7.30. The van der Waals surface area contributed by atoms with Crippen LogP contribution < -0.4 is 9.62 Å². The third-order valence-electron chi connectivity index (χ3n) is 5.57. The number of sulfonamides is 1. The van der Waals surface area contributed by atoms with E-state index in [2.05, 4.69) is 5.32 Å². The molecule has 0 aliphatic heterocycles. The third-order valence-corrected chi connectivity index (χ3v) is 7.59. The number of halogens is 2. The summed E-state index contributed by atoms with van der Waals surface area (Å²) in [5.41, 5.74) is 0.782. The van der Waals surface area contributed by atoms with Gasteiger partial charge in [0, 0.05) is 17.6 Å². The smallest absolute Gasteiger partial charge is 0.264 e. The average molecular weight is 546 g/mol. The fraction of sp³-hybridized carbons (Fsp3) is 0.259. The fourth-order valence-electron chi connectivity index (χ4n) is 3.65. The maximum Gasteiger partial charge on any atom is 0.264 e. The Hall–Kier alpha value is -3.43. The SMILES string of the molecule is CC(C)NC(=O)C(C)N(Cc1ccc(F)cc1)C(=O)CN(c1cccc(Cl)c1)S(=O)(=O)c1ccccc1. The summed E-state index contributed by atoms with van der Waals surface area (Å²) in [6, 6.07) is 18.4. The second-order valence-electron chi connectivity index (χ2n) is 8.79. The van der Waals surface area contributed by atoms with Gasteiger partial charge in [0.15, 0.2) is 0 Å². The number of hydrogen-bond donors (Lipinski definition) is 1. The molecule has 10 heteroatoms. The molecule has 0 bridgehead atoms. The Bertz CT molecular complexity index is 1340. The molecular formula is C27H29ClFN3O4S. The number of rotatable bonds is 10. The molecule has 3 rings (SSSR count). The molecule has 196 valence electrons. The maximum atomic E-state index is 13.7. The molecule has 37 heavy (non-hydrogen) atoms. The van der Waals surface area contributed by atoms with E-state index in [1.54, 1.807) is 57.2 Å². The van der Waals surface area contributed by atoms with Gasteiger partial charge in [0.05, 0.1) is 10.6 Å². The van der Waals surface area contributed by atoms with Gasteiger partial charge in [-0.15, -0.1) is 0 Å². The van der Waals surface area contributed by atoms with Crippen LogP contribution in [0.5, 0.6) is 0 Å². The number of nitrogens with one attached hydrogen (secondary N) is 1. The Kier molecular flexibility index (Phi) is 9.29. The first kappa shape index (κ1) is 28.1. The summed E-state index contributed by atoms with van der Waals surface area (Å²) < 4.78 is 41.7. The summed E-state index contributed by atoms with van der Waals surface area (Å²) in [5.74, 6) is -1.45. The molecule has 1 atom stereocenters. The zero-order valence-corrected chi connectivity index (χ0v) is 22.3. The minimum Gasteiger partial charge on any atom is -0.352 e. The van der Waals surface area contributed by atoms with E-state index >= 15 is 0 Å². The predicted molar refractivity (Wildman–Crippen MR) is 142 cm³/mol. The summed E-state index contributed by atoms with van der Waals surface area (Å²) >= 11 is 6.14. The molecule has 2 amide bonds. The lowest BCUT2D eigenvalue weighted by molar-refractivity contribution is -0.139. The monoisotopic (exact) mass is 545 g/mol. The molecule has 0 radical (unpaired) electrons.